The Labute approximate surface area is 95.1 Å². The lowest BCUT2D eigenvalue weighted by Gasteiger charge is -2.06. The fourth-order valence-corrected chi connectivity index (χ4v) is 1.46. The van der Waals surface area contributed by atoms with Crippen molar-refractivity contribution in [3.8, 4) is 11.5 Å². The van der Waals surface area contributed by atoms with Crippen molar-refractivity contribution in [3.63, 3.8) is 0 Å². The Morgan fingerprint density at radius 2 is 2.00 bits per heavy atom. The molecule has 0 radical (unpaired) electrons. The van der Waals surface area contributed by atoms with E-state index < -0.39 is 11.9 Å². The molecule has 0 spiro atoms. The van der Waals surface area contributed by atoms with E-state index in [1.165, 1.54) is 4.68 Å². The van der Waals surface area contributed by atoms with Gasteiger partial charge in [-0.25, -0.2) is 9.97 Å². The van der Waals surface area contributed by atoms with Gasteiger partial charge in [-0.2, -0.15) is 18.3 Å². The Kier molecular flexibility index (Phi) is 2.60. The second-order valence-corrected chi connectivity index (χ2v) is 3.56. The Morgan fingerprint density at radius 3 is 2.53 bits per heavy atom. The van der Waals surface area contributed by atoms with Crippen LogP contribution < -0.4 is 0 Å². The minimum Gasteiger partial charge on any atom is -0.264 e. The number of hydrogen-bond acceptors (Lipinski definition) is 3. The molecule has 0 saturated heterocycles. The number of halogens is 3. The molecule has 90 valence electrons. The van der Waals surface area contributed by atoms with Gasteiger partial charge in [0, 0.05) is 13.2 Å². The molecule has 0 bridgehead atoms. The maximum absolute atomic E-state index is 12.5. The third kappa shape index (κ3) is 2.27. The van der Waals surface area contributed by atoms with Gasteiger partial charge < -0.3 is 0 Å². The van der Waals surface area contributed by atoms with Crippen LogP contribution in [0.2, 0.25) is 0 Å². The molecule has 4 nitrogen and oxygen atoms in total. The number of aromatic nitrogens is 4. The van der Waals surface area contributed by atoms with E-state index in [2.05, 4.69) is 15.1 Å². The van der Waals surface area contributed by atoms with Gasteiger partial charge in [0.25, 0.3) is 0 Å². The zero-order chi connectivity index (χ0) is 12.6. The number of hydrogen-bond donors (Lipinski definition) is 0. The molecule has 0 aliphatic rings. The average Bonchev–Trinajstić information content (AvgIpc) is 2.57. The number of nitrogens with zero attached hydrogens (tertiary/aromatic N) is 4. The third-order valence-electron chi connectivity index (χ3n) is 2.18. The third-order valence-corrected chi connectivity index (χ3v) is 2.18. The molecule has 0 atom stereocenters. The molecule has 2 aromatic rings. The van der Waals surface area contributed by atoms with Crippen molar-refractivity contribution in [2.24, 2.45) is 7.05 Å². The Hall–Kier alpha value is -1.92. The largest absolute Gasteiger partial charge is 0.433 e. The highest BCUT2D eigenvalue weighted by atomic mass is 19.4. The number of aryl methyl sites for hydroxylation is 2. The zero-order valence-electron chi connectivity index (χ0n) is 9.15. The second kappa shape index (κ2) is 3.83. The van der Waals surface area contributed by atoms with Crippen LogP contribution in [0.3, 0.4) is 0 Å². The van der Waals surface area contributed by atoms with Crippen molar-refractivity contribution in [2.45, 2.75) is 13.1 Å². The maximum Gasteiger partial charge on any atom is 0.433 e. The monoisotopic (exact) mass is 242 g/mol. The summed E-state index contributed by atoms with van der Waals surface area (Å²) in [6.07, 6.45) is -3.38. The molecule has 0 unspecified atom stereocenters. The van der Waals surface area contributed by atoms with Gasteiger partial charge in [-0.3, -0.25) is 4.68 Å². The Bertz CT molecular complexity index is 545. The summed E-state index contributed by atoms with van der Waals surface area (Å²) in [5, 5.41) is 4.03. The van der Waals surface area contributed by atoms with Crippen LogP contribution in [-0.4, -0.2) is 19.7 Å². The van der Waals surface area contributed by atoms with Crippen LogP contribution in [0, 0.1) is 6.92 Å². The quantitative estimate of drug-likeness (QED) is 0.770. The molecule has 2 heterocycles. The van der Waals surface area contributed by atoms with Crippen LogP contribution in [0.1, 0.15) is 11.4 Å². The molecule has 0 N–H and O–H groups in total. The average molecular weight is 242 g/mol. The summed E-state index contributed by atoms with van der Waals surface area (Å²) in [5.41, 5.74) is 0.193. The van der Waals surface area contributed by atoms with Crippen LogP contribution in [0.25, 0.3) is 11.5 Å². The summed E-state index contributed by atoms with van der Waals surface area (Å²) in [4.78, 5) is 7.32. The van der Waals surface area contributed by atoms with Crippen LogP contribution in [-0.2, 0) is 13.2 Å². The molecule has 7 heteroatoms. The molecule has 0 saturated carbocycles. The number of rotatable bonds is 1. The molecule has 2 rings (SSSR count). The first-order valence-electron chi connectivity index (χ1n) is 4.79. The van der Waals surface area contributed by atoms with E-state index in [4.69, 9.17) is 0 Å². The van der Waals surface area contributed by atoms with Gasteiger partial charge in [0.15, 0.2) is 5.82 Å². The van der Waals surface area contributed by atoms with Gasteiger partial charge in [0.05, 0.1) is 5.69 Å². The highest BCUT2D eigenvalue weighted by Crippen LogP contribution is 2.28. The van der Waals surface area contributed by atoms with E-state index in [1.54, 1.807) is 20.0 Å². The summed E-state index contributed by atoms with van der Waals surface area (Å²) < 4.78 is 38.9. The highest BCUT2D eigenvalue weighted by Gasteiger charge is 2.33. The van der Waals surface area contributed by atoms with Crippen molar-refractivity contribution < 1.29 is 13.2 Å². The van der Waals surface area contributed by atoms with Crippen molar-refractivity contribution in [1.82, 2.24) is 19.7 Å². The molecule has 0 aliphatic carbocycles. The SMILES string of the molecule is Cc1cc(-c2nccc(C(F)(F)F)n2)n(C)n1. The smallest absolute Gasteiger partial charge is 0.264 e. The lowest BCUT2D eigenvalue weighted by molar-refractivity contribution is -0.141. The van der Waals surface area contributed by atoms with Crippen LogP contribution >= 0.6 is 0 Å². The maximum atomic E-state index is 12.5. The van der Waals surface area contributed by atoms with Gasteiger partial charge in [0.1, 0.15) is 11.4 Å². The second-order valence-electron chi connectivity index (χ2n) is 3.56. The highest BCUT2D eigenvalue weighted by molar-refractivity contribution is 5.50. The van der Waals surface area contributed by atoms with Crippen LogP contribution in [0.15, 0.2) is 18.3 Å². The lowest BCUT2D eigenvalue weighted by atomic mass is 10.3. The summed E-state index contributed by atoms with van der Waals surface area (Å²) in [6, 6.07) is 2.47. The van der Waals surface area contributed by atoms with E-state index in [0.29, 0.717) is 11.4 Å². The summed E-state index contributed by atoms with van der Waals surface area (Å²) in [5.74, 6) is 0.0166. The van der Waals surface area contributed by atoms with E-state index >= 15 is 0 Å². The van der Waals surface area contributed by atoms with Crippen LogP contribution in [0.4, 0.5) is 13.2 Å². The first kappa shape index (κ1) is 11.6. The molecule has 17 heavy (non-hydrogen) atoms. The van der Waals surface area contributed by atoms with Crippen LogP contribution in [0.5, 0.6) is 0 Å². The molecule has 0 fully saturated rings. The van der Waals surface area contributed by atoms with Crippen molar-refractivity contribution in [2.75, 3.05) is 0 Å². The summed E-state index contributed by atoms with van der Waals surface area (Å²) in [6.45, 7) is 1.75. The summed E-state index contributed by atoms with van der Waals surface area (Å²) >= 11 is 0. The molecule has 0 aromatic carbocycles. The fraction of sp³-hybridized carbons (Fsp3) is 0.300. The fourth-order valence-electron chi connectivity index (χ4n) is 1.46. The zero-order valence-corrected chi connectivity index (χ0v) is 9.15. The normalized spacial score (nSPS) is 11.8. The topological polar surface area (TPSA) is 43.6 Å². The molecular weight excluding hydrogens is 233 g/mol. The molecule has 2 aromatic heterocycles. The van der Waals surface area contributed by atoms with Crippen molar-refractivity contribution >= 4 is 0 Å². The first-order valence-corrected chi connectivity index (χ1v) is 4.79. The van der Waals surface area contributed by atoms with Gasteiger partial charge in [-0.1, -0.05) is 0 Å². The standard InChI is InChI=1S/C10H9F3N4/c1-6-5-7(17(2)16-6)9-14-4-3-8(15-9)10(11,12)13/h3-5H,1-2H3. The first-order chi connectivity index (χ1) is 7.88. The van der Waals surface area contributed by atoms with Gasteiger partial charge in [-0.15, -0.1) is 0 Å². The summed E-state index contributed by atoms with van der Waals surface area (Å²) in [7, 11) is 1.63. The van der Waals surface area contributed by atoms with Gasteiger partial charge >= 0.3 is 6.18 Å². The Morgan fingerprint density at radius 1 is 1.29 bits per heavy atom. The van der Waals surface area contributed by atoms with E-state index in [0.717, 1.165) is 12.3 Å². The molecule has 0 amide bonds. The lowest BCUT2D eigenvalue weighted by Crippen LogP contribution is -2.09. The van der Waals surface area contributed by atoms with Crippen molar-refractivity contribution in [3.05, 3.63) is 29.7 Å². The minimum absolute atomic E-state index is 0.0166. The Balaban J connectivity index is 2.50. The van der Waals surface area contributed by atoms with Gasteiger partial charge in [-0.05, 0) is 19.1 Å². The number of alkyl halides is 3. The van der Waals surface area contributed by atoms with E-state index in [-0.39, 0.29) is 5.82 Å². The van der Waals surface area contributed by atoms with E-state index in [1.807, 2.05) is 0 Å². The predicted molar refractivity (Wildman–Crippen MR) is 54.0 cm³/mol. The van der Waals surface area contributed by atoms with E-state index in [9.17, 15) is 13.2 Å². The minimum atomic E-state index is -4.47. The predicted octanol–water partition coefficient (Wildman–Crippen LogP) is 2.20. The molecule has 0 aliphatic heterocycles. The van der Waals surface area contributed by atoms with Gasteiger partial charge in [0.2, 0.25) is 0 Å². The van der Waals surface area contributed by atoms with Crippen molar-refractivity contribution in [1.29, 1.82) is 0 Å². The molecular formula is C10H9F3N4.